The highest BCUT2D eigenvalue weighted by Gasteiger charge is 2.62. The van der Waals surface area contributed by atoms with Crippen LogP contribution in [0.5, 0.6) is 11.5 Å². The van der Waals surface area contributed by atoms with Crippen LogP contribution in [0.1, 0.15) is 277 Å². The third-order valence-corrected chi connectivity index (χ3v) is 41.5. The van der Waals surface area contributed by atoms with Crippen molar-refractivity contribution in [3.8, 4) is 11.5 Å². The van der Waals surface area contributed by atoms with Gasteiger partial charge in [-0.25, -0.2) is 0 Å². The third-order valence-electron chi connectivity index (χ3n) is 41.5. The monoisotopic (exact) mass is 1900 g/mol. The number of nitrogens with one attached hydrogen (secondary N) is 6. The van der Waals surface area contributed by atoms with Crippen molar-refractivity contribution in [3.63, 3.8) is 0 Å². The van der Waals surface area contributed by atoms with Gasteiger partial charge in [-0.05, 0) is 330 Å². The molecule has 6 aliphatic carbocycles. The highest BCUT2D eigenvalue weighted by atomic mass is 16.5. The number of rotatable bonds is 10. The highest BCUT2D eigenvalue weighted by Crippen LogP contribution is 2.61. The van der Waals surface area contributed by atoms with Crippen LogP contribution in [-0.4, -0.2) is 213 Å². The summed E-state index contributed by atoms with van der Waals surface area (Å²) in [7, 11) is 1.53. The molecule has 19 nitrogen and oxygen atoms in total. The molecule has 27 heterocycles. The molecule has 10 N–H and O–H groups in total. The van der Waals surface area contributed by atoms with Crippen molar-refractivity contribution in [1.82, 2.24) is 59.3 Å². The second-order valence-electron chi connectivity index (χ2n) is 48.2. The van der Waals surface area contributed by atoms with E-state index in [2.05, 4.69) is 175 Å². The van der Waals surface area contributed by atoms with Gasteiger partial charge in [0.15, 0.2) is 0 Å². The Morgan fingerprint density at radius 1 is 0.369 bits per heavy atom. The number of aliphatic hydroxyl groups excluding tert-OH is 2. The molecular formula is C122H156N12O7. The summed E-state index contributed by atoms with van der Waals surface area (Å²) < 4.78 is 5.30. The van der Waals surface area contributed by atoms with Crippen LogP contribution in [-0.2, 0) is 71.5 Å². The van der Waals surface area contributed by atoms with Crippen molar-refractivity contribution in [2.75, 3.05) is 85.6 Å². The lowest BCUT2D eigenvalue weighted by Crippen LogP contribution is -2.66. The molecule has 31 unspecified atom stereocenters. The summed E-state index contributed by atoms with van der Waals surface area (Å²) in [5.41, 5.74) is 29.1. The zero-order valence-electron chi connectivity index (χ0n) is 85.6. The standard InChI is InChI=1S/C22H28N2O3.C22H28N2O.C20H26N2O.C20H26N2.2C19H24N2O/c1-3-13-9-14-10-24-7-6-15-16-8-12(11-25)4-5-17(16)23-20(15)18(14)19(21(13)24)22(26)27-2;1-4-16-10-15-11-22(14(3)25)20-17(7-8-24(12-15)21(16)22)18-9-13(2)5-6-19(18)23-20;1-2-13-8-14-10-22-6-5-15-17-7-12(11-23)3-4-18(17)21-20(15)16(14)9-19(13)22;1-3-14-9-13-10-17-19-15(6-7-22(11-13)20(14)17)16-8-12(2)4-5-18(16)21-19;1-2-12-7-11-8-16-18-14(5-6-21(10-11)19(12)16)15-9-13(22)3-4-17(15)20-18;1-2-11-7-12-10-21-6-5-14-16-8-13(22)3-4-17(16)20-19(14)15(12)9-18(11)21/h4-5,8,13-14,18-19,21,23,25H,3,6-7,9-11H2,1-2H3;5-6,9,15-16,21,23H,4,7-8,10-12H2,1-3H3;3-4,7,13-14,16,19,21,23H,2,5-6,8-11H2,1H3;4-5,8,13-14,17,20-21H,3,6-7,9-11H2,1-2H3;3-4,9,11-12,16,19-20,22H,2,5-8,10H2,1H3;3-4,8,11-12,15,18,20,22H,2,5-7,9-10H2,1H3. The molecule has 0 spiro atoms. The Kier molecular flexibility index (Phi) is 24.3. The number of phenolic OH excluding ortho intramolecular Hbond substituents is 2. The minimum Gasteiger partial charge on any atom is -0.508 e. The Balaban J connectivity index is 0.0000000892. The minimum atomic E-state index is -0.319. The number of benzene rings is 6. The van der Waals surface area contributed by atoms with Crippen molar-refractivity contribution < 1.29 is 34.8 Å². The maximum absolute atomic E-state index is 13.2. The first-order valence-corrected chi connectivity index (χ1v) is 56.1. The molecule has 12 saturated heterocycles. The van der Waals surface area contributed by atoms with Crippen LogP contribution in [0.2, 0.25) is 0 Å². The van der Waals surface area contributed by atoms with Gasteiger partial charge in [0, 0.05) is 244 Å². The number of aromatic hydroxyl groups is 2. The summed E-state index contributed by atoms with van der Waals surface area (Å²) in [6.07, 6.45) is 29.0. The van der Waals surface area contributed by atoms with E-state index in [1.165, 1.54) is 296 Å². The topological polar surface area (TPSA) is 238 Å². The number of carbonyl (C=O) groups is 2. The number of aromatic amines is 6. The Labute approximate surface area is 833 Å². The number of aliphatic hydroxyl groups is 2. The largest absolute Gasteiger partial charge is 0.508 e. The predicted molar refractivity (Wildman–Crippen MR) is 565 cm³/mol. The van der Waals surface area contributed by atoms with Crippen LogP contribution < -0.4 is 0 Å². The lowest BCUT2D eigenvalue weighted by molar-refractivity contribution is -0.160. The molecule has 746 valence electrons. The van der Waals surface area contributed by atoms with Gasteiger partial charge in [0.1, 0.15) is 17.3 Å². The molecule has 12 aromatic rings. The number of hydrogen-bond acceptors (Lipinski definition) is 13. The number of aromatic nitrogens is 6. The van der Waals surface area contributed by atoms with Crippen LogP contribution >= 0.6 is 0 Å². The number of hydrogen-bond donors (Lipinski definition) is 10. The van der Waals surface area contributed by atoms with E-state index >= 15 is 0 Å². The molecule has 0 amide bonds. The molecule has 0 radical (unpaired) electrons. The summed E-state index contributed by atoms with van der Waals surface area (Å²) in [6, 6.07) is 41.5. The number of ether oxygens (including phenoxy) is 1. The number of nitrogens with zero attached hydrogens (tertiary/aromatic N) is 6. The first-order chi connectivity index (χ1) is 68.7. The van der Waals surface area contributed by atoms with Gasteiger partial charge in [-0.1, -0.05) is 115 Å². The van der Waals surface area contributed by atoms with E-state index in [0.717, 1.165) is 165 Å². The van der Waals surface area contributed by atoms with Crippen molar-refractivity contribution in [3.05, 3.63) is 199 Å². The van der Waals surface area contributed by atoms with Crippen LogP contribution in [0.25, 0.3) is 65.4 Å². The average Bonchev–Trinajstić information content (AvgIpc) is 1.62. The molecule has 27 aliphatic rings. The van der Waals surface area contributed by atoms with E-state index < -0.39 is 0 Å². The second kappa shape index (κ2) is 36.9. The fourth-order valence-corrected chi connectivity index (χ4v) is 35.6. The van der Waals surface area contributed by atoms with Gasteiger partial charge >= 0.3 is 5.97 Å². The van der Waals surface area contributed by atoms with Gasteiger partial charge < -0.3 is 55.1 Å². The quantitative estimate of drug-likeness (QED) is 0.0574. The molecule has 39 rings (SSSR count). The Morgan fingerprint density at radius 3 is 1.20 bits per heavy atom. The van der Waals surface area contributed by atoms with Crippen LogP contribution in [0.15, 0.2) is 109 Å². The van der Waals surface area contributed by atoms with Crippen LogP contribution in [0.3, 0.4) is 0 Å². The molecule has 19 heteroatoms. The van der Waals surface area contributed by atoms with E-state index in [0.29, 0.717) is 64.9 Å². The lowest BCUT2D eigenvalue weighted by atomic mass is 9.55. The number of esters is 1. The summed E-state index contributed by atoms with van der Waals surface area (Å²) in [6.45, 7) is 34.9. The van der Waals surface area contributed by atoms with Crippen LogP contribution in [0.4, 0.5) is 0 Å². The molecule has 18 fully saturated rings. The third kappa shape index (κ3) is 15.4. The number of carbonyl (C=O) groups excluding carboxylic acids is 2. The maximum atomic E-state index is 13.2. The van der Waals surface area contributed by atoms with Gasteiger partial charge in [-0.3, -0.25) is 39.0 Å². The van der Waals surface area contributed by atoms with Crippen molar-refractivity contribution in [2.45, 2.75) is 294 Å². The first-order valence-electron chi connectivity index (χ1n) is 56.1. The van der Waals surface area contributed by atoms with E-state index in [1.54, 1.807) is 23.4 Å². The number of fused-ring (bicyclic) bond motifs is 21. The number of H-pyrrole nitrogens is 6. The second-order valence-corrected chi connectivity index (χ2v) is 48.2. The van der Waals surface area contributed by atoms with Gasteiger partial charge in [0.25, 0.3) is 0 Å². The maximum Gasteiger partial charge on any atom is 0.310 e. The molecule has 6 aromatic heterocycles. The average molecular weight is 1900 g/mol. The van der Waals surface area contributed by atoms with Gasteiger partial charge in [0.2, 0.25) is 0 Å². The zero-order chi connectivity index (χ0) is 96.1. The van der Waals surface area contributed by atoms with Crippen molar-refractivity contribution in [1.29, 1.82) is 0 Å². The SMILES string of the molecule is CCC1CC2CC3c4[nH]c5ccc(C)cc5c4CCN(C2)C13.CCC1CC2CC3c4[nH]c5ccc(O)cc5c4CCN(C2)C13.CCC1CC2CN3CCc4c([nH]c5ccc(C)cc45)C(C(C)=O)(C2)C13.CCC1CC2CN3CCc4c([nH]c5ccc(CO)cc45)C2C(C(=O)OC)C13.CCC1CC2CN3CCc4c([nH]c5ccc(CO)cc45)C2CC13.CCC1CC2CN3CCc4c([nH]c5ccc(O)cc45)C2CC13. The number of ketones is 1. The molecule has 6 aromatic carbocycles. The van der Waals surface area contributed by atoms with Crippen molar-refractivity contribution in [2.24, 2.45) is 76.9 Å². The summed E-state index contributed by atoms with van der Waals surface area (Å²) in [4.78, 5) is 65.0. The fourth-order valence-electron chi connectivity index (χ4n) is 35.6. The Hall–Kier alpha value is -9.02. The minimum absolute atomic E-state index is 0.0547. The van der Waals surface area contributed by atoms with E-state index in [-0.39, 0.29) is 36.4 Å². The van der Waals surface area contributed by atoms with E-state index in [4.69, 9.17) is 4.74 Å². The summed E-state index contributed by atoms with van der Waals surface area (Å²) in [5.74, 6) is 13.5. The van der Waals surface area contributed by atoms with E-state index in [9.17, 15) is 30.0 Å². The number of methoxy groups -OCH3 is 1. The number of aryl methyl sites for hydroxylation is 2. The predicted octanol–water partition coefficient (Wildman–Crippen LogP) is 21.7. The first kappa shape index (κ1) is 93.1. The molecule has 6 saturated carbocycles. The molecule has 141 heavy (non-hydrogen) atoms. The molecule has 21 aliphatic heterocycles. The summed E-state index contributed by atoms with van der Waals surface area (Å²) >= 11 is 0. The van der Waals surface area contributed by atoms with Gasteiger partial charge in [-0.2, -0.15) is 0 Å². The van der Waals surface area contributed by atoms with Crippen molar-refractivity contribution >= 4 is 77.2 Å². The lowest BCUT2D eigenvalue weighted by Gasteiger charge is -2.58. The Bertz CT molecular complexity index is 6630. The number of Topliss-reactive ketones (excluding diaryl/α,β-unsaturated/α-hetero) is 1. The fraction of sp³-hybridized carbons (Fsp3) is 0.590. The zero-order valence-corrected chi connectivity index (χ0v) is 85.6. The number of phenols is 2. The molecule has 31 atom stereocenters. The summed E-state index contributed by atoms with van der Waals surface area (Å²) in [5, 5.41) is 46.6. The van der Waals surface area contributed by atoms with Gasteiger partial charge in [-0.15, -0.1) is 0 Å². The van der Waals surface area contributed by atoms with Crippen LogP contribution in [0, 0.1) is 90.8 Å². The molecular weight excluding hydrogens is 1750 g/mol. The normalized spacial score (nSPS) is 35.8. The van der Waals surface area contributed by atoms with Gasteiger partial charge in [0.05, 0.1) is 31.7 Å². The smallest absolute Gasteiger partial charge is 0.310 e. The van der Waals surface area contributed by atoms with E-state index in [1.807, 2.05) is 43.3 Å². The number of piperidine rings is 12. The molecule has 24 bridgehead atoms. The Morgan fingerprint density at radius 2 is 0.738 bits per heavy atom. The highest BCUT2D eigenvalue weighted by molar-refractivity contribution is 5.95.